The summed E-state index contributed by atoms with van der Waals surface area (Å²) in [5.74, 6) is 0.236. The standard InChI is InChI=1S/C19H27N3O2/c1-20(2)16-7-5-11-21(12-9-16)18(23)10-13-22-14-15-6-3-4-8-17(15)19(22)24/h3-4,6,8,16H,5,7,9-14H2,1-2H3. The summed E-state index contributed by atoms with van der Waals surface area (Å²) in [4.78, 5) is 30.9. The van der Waals surface area contributed by atoms with Crippen molar-refractivity contribution in [2.24, 2.45) is 0 Å². The minimum atomic E-state index is 0.0574. The van der Waals surface area contributed by atoms with E-state index in [0.717, 1.165) is 43.5 Å². The molecule has 0 aliphatic carbocycles. The van der Waals surface area contributed by atoms with Gasteiger partial charge in [0.2, 0.25) is 5.91 Å². The van der Waals surface area contributed by atoms with Gasteiger partial charge in [-0.2, -0.15) is 0 Å². The van der Waals surface area contributed by atoms with Crippen molar-refractivity contribution in [2.45, 2.75) is 38.3 Å². The first-order valence-electron chi connectivity index (χ1n) is 8.87. The number of benzene rings is 1. The van der Waals surface area contributed by atoms with E-state index in [-0.39, 0.29) is 11.8 Å². The van der Waals surface area contributed by atoms with Gasteiger partial charge in [0.05, 0.1) is 0 Å². The minimum Gasteiger partial charge on any atom is -0.343 e. The van der Waals surface area contributed by atoms with Gasteiger partial charge in [-0.05, 0) is 45.0 Å². The van der Waals surface area contributed by atoms with Crippen LogP contribution in [-0.4, -0.2) is 66.3 Å². The van der Waals surface area contributed by atoms with Crippen LogP contribution >= 0.6 is 0 Å². The summed E-state index contributed by atoms with van der Waals surface area (Å²) in [6.07, 6.45) is 3.67. The molecule has 2 heterocycles. The van der Waals surface area contributed by atoms with Gasteiger partial charge in [-0.1, -0.05) is 18.2 Å². The number of carbonyl (C=O) groups excluding carboxylic acids is 2. The highest BCUT2D eigenvalue weighted by atomic mass is 16.2. The normalized spacial score (nSPS) is 21.1. The second-order valence-electron chi connectivity index (χ2n) is 7.06. The highest BCUT2D eigenvalue weighted by Gasteiger charge is 2.28. The molecule has 1 atom stereocenters. The molecule has 2 amide bonds. The summed E-state index contributed by atoms with van der Waals surface area (Å²) >= 11 is 0. The second kappa shape index (κ2) is 7.34. The third-order valence-electron chi connectivity index (χ3n) is 5.27. The fraction of sp³-hybridized carbons (Fsp3) is 0.579. The van der Waals surface area contributed by atoms with Crippen molar-refractivity contribution < 1.29 is 9.59 Å². The van der Waals surface area contributed by atoms with Crippen LogP contribution in [0.4, 0.5) is 0 Å². The zero-order chi connectivity index (χ0) is 17.1. The first-order chi connectivity index (χ1) is 11.6. The van der Waals surface area contributed by atoms with E-state index in [0.29, 0.717) is 25.6 Å². The van der Waals surface area contributed by atoms with E-state index in [9.17, 15) is 9.59 Å². The van der Waals surface area contributed by atoms with Crippen LogP contribution in [0.3, 0.4) is 0 Å². The van der Waals surface area contributed by atoms with Gasteiger partial charge in [-0.15, -0.1) is 0 Å². The van der Waals surface area contributed by atoms with Gasteiger partial charge in [0, 0.05) is 44.2 Å². The predicted molar refractivity (Wildman–Crippen MR) is 93.7 cm³/mol. The highest BCUT2D eigenvalue weighted by molar-refractivity contribution is 5.98. The Morgan fingerprint density at radius 3 is 2.75 bits per heavy atom. The van der Waals surface area contributed by atoms with E-state index in [4.69, 9.17) is 0 Å². The Bertz CT molecular complexity index is 614. The van der Waals surface area contributed by atoms with Gasteiger partial charge >= 0.3 is 0 Å². The molecule has 1 aromatic carbocycles. The van der Waals surface area contributed by atoms with E-state index in [1.165, 1.54) is 0 Å². The van der Waals surface area contributed by atoms with Gasteiger partial charge in [0.1, 0.15) is 0 Å². The molecule has 0 radical (unpaired) electrons. The van der Waals surface area contributed by atoms with Gasteiger partial charge in [-0.3, -0.25) is 9.59 Å². The van der Waals surface area contributed by atoms with Gasteiger partial charge < -0.3 is 14.7 Å². The third-order valence-corrected chi connectivity index (χ3v) is 5.27. The fourth-order valence-corrected chi connectivity index (χ4v) is 3.73. The lowest BCUT2D eigenvalue weighted by Crippen LogP contribution is -2.36. The molecule has 1 aromatic rings. The zero-order valence-electron chi connectivity index (χ0n) is 14.7. The van der Waals surface area contributed by atoms with Crippen molar-refractivity contribution in [3.05, 3.63) is 35.4 Å². The number of carbonyl (C=O) groups is 2. The van der Waals surface area contributed by atoms with Crippen molar-refractivity contribution in [1.82, 2.24) is 14.7 Å². The lowest BCUT2D eigenvalue weighted by Gasteiger charge is -2.24. The predicted octanol–water partition coefficient (Wildman–Crippen LogP) is 1.98. The number of likely N-dealkylation sites (tertiary alicyclic amines) is 1. The first kappa shape index (κ1) is 17.0. The van der Waals surface area contributed by atoms with Gasteiger partial charge in [-0.25, -0.2) is 0 Å². The topological polar surface area (TPSA) is 43.9 Å². The van der Waals surface area contributed by atoms with Crippen LogP contribution in [0.5, 0.6) is 0 Å². The summed E-state index contributed by atoms with van der Waals surface area (Å²) in [5.41, 5.74) is 1.85. The number of fused-ring (bicyclic) bond motifs is 1. The maximum atomic E-state index is 12.5. The lowest BCUT2D eigenvalue weighted by molar-refractivity contribution is -0.131. The zero-order valence-corrected chi connectivity index (χ0v) is 14.7. The number of hydrogen-bond donors (Lipinski definition) is 0. The largest absolute Gasteiger partial charge is 0.343 e. The molecule has 5 heteroatoms. The van der Waals surface area contributed by atoms with Gasteiger partial charge in [0.15, 0.2) is 0 Å². The smallest absolute Gasteiger partial charge is 0.254 e. The first-order valence-corrected chi connectivity index (χ1v) is 8.87. The van der Waals surface area contributed by atoms with Crippen LogP contribution in [0.2, 0.25) is 0 Å². The molecule has 2 aliphatic heterocycles. The molecule has 0 aromatic heterocycles. The Labute approximate surface area is 144 Å². The molecule has 1 fully saturated rings. The van der Waals surface area contributed by atoms with Crippen LogP contribution in [0.25, 0.3) is 0 Å². The molecule has 1 saturated heterocycles. The number of nitrogens with zero attached hydrogens (tertiary/aromatic N) is 3. The fourth-order valence-electron chi connectivity index (χ4n) is 3.73. The number of rotatable bonds is 4. The average molecular weight is 329 g/mol. The van der Waals surface area contributed by atoms with Crippen LogP contribution < -0.4 is 0 Å². The molecular formula is C19H27N3O2. The van der Waals surface area contributed by atoms with E-state index in [1.54, 1.807) is 4.90 Å². The highest BCUT2D eigenvalue weighted by Crippen LogP contribution is 2.22. The molecule has 3 rings (SSSR count). The maximum absolute atomic E-state index is 12.5. The average Bonchev–Trinajstić information content (AvgIpc) is 2.76. The van der Waals surface area contributed by atoms with E-state index >= 15 is 0 Å². The quantitative estimate of drug-likeness (QED) is 0.848. The summed E-state index contributed by atoms with van der Waals surface area (Å²) < 4.78 is 0. The van der Waals surface area contributed by atoms with E-state index < -0.39 is 0 Å². The Hall–Kier alpha value is -1.88. The molecule has 0 N–H and O–H groups in total. The van der Waals surface area contributed by atoms with Crippen molar-refractivity contribution >= 4 is 11.8 Å². The Morgan fingerprint density at radius 1 is 1.21 bits per heavy atom. The molecule has 0 spiro atoms. The van der Waals surface area contributed by atoms with E-state index in [2.05, 4.69) is 19.0 Å². The minimum absolute atomic E-state index is 0.0574. The van der Waals surface area contributed by atoms with Gasteiger partial charge in [0.25, 0.3) is 5.91 Å². The molecule has 5 nitrogen and oxygen atoms in total. The lowest BCUT2D eigenvalue weighted by atomic mass is 10.1. The molecule has 2 aliphatic rings. The summed E-state index contributed by atoms with van der Waals surface area (Å²) in [6.45, 7) is 2.82. The van der Waals surface area contributed by atoms with Crippen LogP contribution in [0.15, 0.2) is 24.3 Å². The Morgan fingerprint density at radius 2 is 2.00 bits per heavy atom. The molecule has 24 heavy (non-hydrogen) atoms. The summed E-state index contributed by atoms with van der Waals surface area (Å²) in [7, 11) is 4.22. The SMILES string of the molecule is CN(C)C1CCCN(C(=O)CCN2Cc3ccccc3C2=O)CC1. The third kappa shape index (κ3) is 3.61. The maximum Gasteiger partial charge on any atom is 0.254 e. The van der Waals surface area contributed by atoms with Crippen LogP contribution in [0.1, 0.15) is 41.6 Å². The monoisotopic (exact) mass is 329 g/mol. The molecular weight excluding hydrogens is 302 g/mol. The van der Waals surface area contributed by atoms with Crippen molar-refractivity contribution in [1.29, 1.82) is 0 Å². The van der Waals surface area contributed by atoms with Crippen LogP contribution in [-0.2, 0) is 11.3 Å². The molecule has 130 valence electrons. The molecule has 1 unspecified atom stereocenters. The number of amides is 2. The Balaban J connectivity index is 1.51. The summed E-state index contributed by atoms with van der Waals surface area (Å²) in [6, 6.07) is 8.28. The van der Waals surface area contributed by atoms with Crippen LogP contribution in [0, 0.1) is 0 Å². The molecule has 0 saturated carbocycles. The van der Waals surface area contributed by atoms with Crippen molar-refractivity contribution in [3.8, 4) is 0 Å². The van der Waals surface area contributed by atoms with E-state index in [1.807, 2.05) is 29.2 Å². The second-order valence-corrected chi connectivity index (χ2v) is 7.06. The van der Waals surface area contributed by atoms with Crippen molar-refractivity contribution in [2.75, 3.05) is 33.7 Å². The number of hydrogen-bond acceptors (Lipinski definition) is 3. The summed E-state index contributed by atoms with van der Waals surface area (Å²) in [5, 5.41) is 0. The molecule has 0 bridgehead atoms. The Kier molecular flexibility index (Phi) is 5.19. The van der Waals surface area contributed by atoms with Crippen molar-refractivity contribution in [3.63, 3.8) is 0 Å².